The lowest BCUT2D eigenvalue weighted by atomic mass is 10.0. The van der Waals surface area contributed by atoms with Crippen LogP contribution in [0.2, 0.25) is 0 Å². The number of fused-ring (bicyclic) bond motifs is 1. The van der Waals surface area contributed by atoms with E-state index < -0.39 is 6.04 Å². The molecule has 33 heavy (non-hydrogen) atoms. The van der Waals surface area contributed by atoms with Crippen LogP contribution in [0.3, 0.4) is 0 Å². The number of hydrogen-bond acceptors (Lipinski definition) is 3. The summed E-state index contributed by atoms with van der Waals surface area (Å²) >= 11 is 0. The Morgan fingerprint density at radius 2 is 1.45 bits per heavy atom. The van der Waals surface area contributed by atoms with Crippen LogP contribution >= 0.6 is 0 Å². The van der Waals surface area contributed by atoms with Crippen molar-refractivity contribution in [3.05, 3.63) is 101 Å². The summed E-state index contributed by atoms with van der Waals surface area (Å²) in [5.74, 6) is 0.528. The zero-order valence-corrected chi connectivity index (χ0v) is 18.6. The molecule has 1 unspecified atom stereocenters. The summed E-state index contributed by atoms with van der Waals surface area (Å²) in [5, 5.41) is 0.529. The van der Waals surface area contributed by atoms with Crippen LogP contribution in [0, 0.1) is 0 Å². The Bertz CT molecular complexity index is 1310. The lowest BCUT2D eigenvalue weighted by Gasteiger charge is -2.32. The minimum atomic E-state index is -0.662. The third-order valence-electron chi connectivity index (χ3n) is 6.38. The largest absolute Gasteiger partial charge is 0.341 e. The van der Waals surface area contributed by atoms with Gasteiger partial charge in [0.2, 0.25) is 5.91 Å². The van der Waals surface area contributed by atoms with Gasteiger partial charge in [-0.05, 0) is 37.0 Å². The van der Waals surface area contributed by atoms with Gasteiger partial charge in [0.15, 0.2) is 0 Å². The monoisotopic (exact) mass is 437 g/mol. The Morgan fingerprint density at radius 3 is 2.18 bits per heavy atom. The number of likely N-dealkylation sites (tertiary alicyclic amines) is 1. The molecular weight excluding hydrogens is 410 g/mol. The van der Waals surface area contributed by atoms with E-state index in [0.717, 1.165) is 43.5 Å². The van der Waals surface area contributed by atoms with E-state index in [-0.39, 0.29) is 11.5 Å². The Kier molecular flexibility index (Phi) is 6.03. The van der Waals surface area contributed by atoms with Crippen LogP contribution in [-0.4, -0.2) is 33.4 Å². The summed E-state index contributed by atoms with van der Waals surface area (Å²) in [7, 11) is 0. The lowest BCUT2D eigenvalue weighted by molar-refractivity contribution is -0.135. The molecule has 1 aliphatic heterocycles. The Labute approximate surface area is 193 Å². The first-order chi connectivity index (χ1) is 16.2. The molecule has 1 aliphatic rings. The minimum absolute atomic E-state index is 0.00471. The van der Waals surface area contributed by atoms with Crippen LogP contribution in [-0.2, 0) is 11.2 Å². The quantitative estimate of drug-likeness (QED) is 0.448. The second kappa shape index (κ2) is 9.41. The van der Waals surface area contributed by atoms with E-state index in [0.29, 0.717) is 23.1 Å². The van der Waals surface area contributed by atoms with Crippen molar-refractivity contribution < 1.29 is 4.79 Å². The molecule has 1 atom stereocenters. The van der Waals surface area contributed by atoms with E-state index in [9.17, 15) is 9.59 Å². The van der Waals surface area contributed by atoms with Crippen molar-refractivity contribution in [2.24, 2.45) is 0 Å². The van der Waals surface area contributed by atoms with Crippen LogP contribution in [0.15, 0.2) is 89.7 Å². The fraction of sp³-hybridized carbons (Fsp3) is 0.250. The van der Waals surface area contributed by atoms with Gasteiger partial charge < -0.3 is 4.90 Å². The molecule has 3 aromatic carbocycles. The van der Waals surface area contributed by atoms with Gasteiger partial charge in [-0.25, -0.2) is 4.98 Å². The molecule has 1 saturated heterocycles. The summed E-state index contributed by atoms with van der Waals surface area (Å²) in [5.41, 5.74) is 2.31. The van der Waals surface area contributed by atoms with Crippen LogP contribution in [0.1, 0.15) is 30.9 Å². The Balaban J connectivity index is 1.72. The smallest absolute Gasteiger partial charge is 0.262 e. The van der Waals surface area contributed by atoms with Crippen LogP contribution in [0.4, 0.5) is 0 Å². The van der Waals surface area contributed by atoms with Crippen molar-refractivity contribution in [1.29, 1.82) is 0 Å². The molecule has 1 amide bonds. The maximum absolute atomic E-state index is 13.9. The number of nitrogens with zero attached hydrogens (tertiary/aromatic N) is 3. The second-order valence-corrected chi connectivity index (χ2v) is 8.59. The second-order valence-electron chi connectivity index (χ2n) is 8.59. The molecule has 0 N–H and O–H groups in total. The van der Waals surface area contributed by atoms with Gasteiger partial charge in [-0.1, -0.05) is 72.8 Å². The summed E-state index contributed by atoms with van der Waals surface area (Å²) in [6, 6.07) is 26.3. The summed E-state index contributed by atoms with van der Waals surface area (Å²) < 4.78 is 1.64. The number of aromatic nitrogens is 2. The van der Waals surface area contributed by atoms with Crippen molar-refractivity contribution in [1.82, 2.24) is 14.5 Å². The van der Waals surface area contributed by atoms with Gasteiger partial charge in [0.05, 0.1) is 10.9 Å². The van der Waals surface area contributed by atoms with Crippen molar-refractivity contribution in [3.63, 3.8) is 0 Å². The number of para-hydroxylation sites is 1. The fourth-order valence-electron chi connectivity index (χ4n) is 4.68. The van der Waals surface area contributed by atoms with E-state index >= 15 is 0 Å². The summed E-state index contributed by atoms with van der Waals surface area (Å²) in [6.45, 7) is 1.47. The highest BCUT2D eigenvalue weighted by molar-refractivity contribution is 5.84. The molecule has 5 heteroatoms. The summed E-state index contributed by atoms with van der Waals surface area (Å²) in [6.07, 6.45) is 3.58. The zero-order chi connectivity index (χ0) is 22.6. The molecule has 0 saturated carbocycles. The average molecular weight is 438 g/mol. The topological polar surface area (TPSA) is 55.2 Å². The number of carbonyl (C=O) groups excluding carboxylic acids is 1. The predicted octanol–water partition coefficient (Wildman–Crippen LogP) is 4.86. The van der Waals surface area contributed by atoms with Gasteiger partial charge in [-0.15, -0.1) is 0 Å². The van der Waals surface area contributed by atoms with E-state index in [4.69, 9.17) is 4.98 Å². The van der Waals surface area contributed by atoms with E-state index in [2.05, 4.69) is 0 Å². The van der Waals surface area contributed by atoms with Crippen molar-refractivity contribution in [3.8, 4) is 11.4 Å². The lowest BCUT2D eigenvalue weighted by Crippen LogP contribution is -2.44. The molecule has 1 aromatic heterocycles. The van der Waals surface area contributed by atoms with Gasteiger partial charge in [-0.3, -0.25) is 14.2 Å². The fourth-order valence-corrected chi connectivity index (χ4v) is 4.68. The molecule has 0 aliphatic carbocycles. The minimum Gasteiger partial charge on any atom is -0.341 e. The van der Waals surface area contributed by atoms with Crippen LogP contribution in [0.25, 0.3) is 22.3 Å². The van der Waals surface area contributed by atoms with Gasteiger partial charge in [0.1, 0.15) is 11.9 Å². The number of rotatable bonds is 5. The highest BCUT2D eigenvalue weighted by Crippen LogP contribution is 2.26. The molecule has 2 heterocycles. The standard InChI is InChI=1S/C28H27N3O2/c32-27-23-16-8-9-17-24(23)29-26(22-14-6-2-7-15-22)31(27)25(20-21-12-4-1-5-13-21)28(33)30-18-10-3-11-19-30/h1-2,4-9,12-17,25H,3,10-11,18-20H2. The van der Waals surface area contributed by atoms with E-state index in [1.165, 1.54) is 0 Å². The molecule has 5 rings (SSSR count). The predicted molar refractivity (Wildman–Crippen MR) is 131 cm³/mol. The molecule has 0 spiro atoms. The van der Waals surface area contributed by atoms with Gasteiger partial charge in [0, 0.05) is 25.1 Å². The molecule has 4 aromatic rings. The number of hydrogen-bond donors (Lipinski definition) is 0. The van der Waals surface area contributed by atoms with Crippen LogP contribution < -0.4 is 5.56 Å². The van der Waals surface area contributed by atoms with Crippen molar-refractivity contribution in [2.45, 2.75) is 31.7 Å². The first-order valence-electron chi connectivity index (χ1n) is 11.6. The van der Waals surface area contributed by atoms with Crippen molar-refractivity contribution >= 4 is 16.8 Å². The third kappa shape index (κ3) is 4.31. The number of carbonyl (C=O) groups is 1. The maximum atomic E-state index is 13.9. The molecule has 0 radical (unpaired) electrons. The zero-order valence-electron chi connectivity index (χ0n) is 18.6. The molecule has 1 fully saturated rings. The van der Waals surface area contributed by atoms with Gasteiger partial charge in [0.25, 0.3) is 5.56 Å². The number of piperidine rings is 1. The van der Waals surface area contributed by atoms with E-state index in [1.54, 1.807) is 10.6 Å². The molecule has 0 bridgehead atoms. The van der Waals surface area contributed by atoms with Crippen molar-refractivity contribution in [2.75, 3.05) is 13.1 Å². The van der Waals surface area contributed by atoms with Crippen LogP contribution in [0.5, 0.6) is 0 Å². The number of amides is 1. The van der Waals surface area contributed by atoms with Gasteiger partial charge in [-0.2, -0.15) is 0 Å². The Hall–Kier alpha value is -3.73. The SMILES string of the molecule is O=C(C(Cc1ccccc1)n1c(-c2ccccc2)nc2ccccc2c1=O)N1CCCCC1. The highest BCUT2D eigenvalue weighted by atomic mass is 16.2. The van der Waals surface area contributed by atoms with Gasteiger partial charge >= 0.3 is 0 Å². The summed E-state index contributed by atoms with van der Waals surface area (Å²) in [4.78, 5) is 34.6. The molecule has 5 nitrogen and oxygen atoms in total. The Morgan fingerprint density at radius 1 is 0.818 bits per heavy atom. The highest BCUT2D eigenvalue weighted by Gasteiger charge is 2.31. The average Bonchev–Trinajstić information content (AvgIpc) is 2.89. The normalized spacial score (nSPS) is 14.8. The molecular formula is C28H27N3O2. The first kappa shape index (κ1) is 21.1. The maximum Gasteiger partial charge on any atom is 0.262 e. The third-order valence-corrected chi connectivity index (χ3v) is 6.38. The molecule has 166 valence electrons. The van der Waals surface area contributed by atoms with E-state index in [1.807, 2.05) is 83.8 Å². The number of benzene rings is 3. The first-order valence-corrected chi connectivity index (χ1v) is 11.6.